The Morgan fingerprint density at radius 2 is 2.11 bits per heavy atom. The van der Waals surface area contributed by atoms with Gasteiger partial charge in [0.1, 0.15) is 0 Å². The van der Waals surface area contributed by atoms with E-state index >= 15 is 0 Å². The van der Waals surface area contributed by atoms with Crippen LogP contribution in [0.2, 0.25) is 5.02 Å². The van der Waals surface area contributed by atoms with Crippen molar-refractivity contribution in [3.63, 3.8) is 0 Å². The van der Waals surface area contributed by atoms with Crippen LogP contribution in [0.4, 0.5) is 10.5 Å². The van der Waals surface area contributed by atoms with Crippen LogP contribution in [0.3, 0.4) is 0 Å². The van der Waals surface area contributed by atoms with Crippen LogP contribution in [-0.4, -0.2) is 18.0 Å². The molecule has 0 bridgehead atoms. The van der Waals surface area contributed by atoms with Crippen molar-refractivity contribution in [2.75, 3.05) is 12.4 Å². The van der Waals surface area contributed by atoms with E-state index in [1.807, 2.05) is 11.4 Å². The maximum absolute atomic E-state index is 12.0. The van der Waals surface area contributed by atoms with Gasteiger partial charge in [0.2, 0.25) is 0 Å². The van der Waals surface area contributed by atoms with Crippen LogP contribution in [0.25, 0.3) is 0 Å². The van der Waals surface area contributed by atoms with Crippen LogP contribution < -0.4 is 5.32 Å². The third-order valence-corrected chi connectivity index (χ3v) is 4.39. The number of halogens is 2. The molecule has 0 aliphatic heterocycles. The predicted molar refractivity (Wildman–Crippen MR) is 84.0 cm³/mol. The summed E-state index contributed by atoms with van der Waals surface area (Å²) < 4.78 is 1.04. The molecule has 0 spiro atoms. The summed E-state index contributed by atoms with van der Waals surface area (Å²) in [4.78, 5) is 14.7. The van der Waals surface area contributed by atoms with Gasteiger partial charge in [0, 0.05) is 32.5 Å². The van der Waals surface area contributed by atoms with Crippen molar-refractivity contribution in [3.05, 3.63) is 50.1 Å². The average Bonchev–Trinajstić information content (AvgIpc) is 2.77. The molecule has 2 rings (SSSR count). The lowest BCUT2D eigenvalue weighted by Gasteiger charge is -2.17. The summed E-state index contributed by atoms with van der Waals surface area (Å²) >= 11 is 10.8. The van der Waals surface area contributed by atoms with E-state index in [1.165, 1.54) is 0 Å². The van der Waals surface area contributed by atoms with Gasteiger partial charge in [-0.25, -0.2) is 4.79 Å². The van der Waals surface area contributed by atoms with Crippen molar-refractivity contribution < 1.29 is 4.79 Å². The molecule has 0 unspecified atom stereocenters. The molecule has 100 valence electrons. The first-order chi connectivity index (χ1) is 9.04. The van der Waals surface area contributed by atoms with Gasteiger partial charge in [-0.3, -0.25) is 0 Å². The normalized spacial score (nSPS) is 10.3. The number of carbonyl (C=O) groups is 1. The second kappa shape index (κ2) is 6.41. The van der Waals surface area contributed by atoms with Gasteiger partial charge in [-0.1, -0.05) is 11.6 Å². The van der Waals surface area contributed by atoms with Crippen LogP contribution in [0.1, 0.15) is 4.88 Å². The summed E-state index contributed by atoms with van der Waals surface area (Å²) in [5.41, 5.74) is 0.730. The Morgan fingerprint density at radius 1 is 1.42 bits per heavy atom. The number of nitrogens with zero attached hydrogens (tertiary/aromatic N) is 1. The molecule has 0 fully saturated rings. The highest BCUT2D eigenvalue weighted by Crippen LogP contribution is 2.21. The van der Waals surface area contributed by atoms with E-state index in [0.29, 0.717) is 11.6 Å². The van der Waals surface area contributed by atoms with E-state index in [2.05, 4.69) is 21.2 Å². The lowest BCUT2D eigenvalue weighted by atomic mass is 10.3. The summed E-state index contributed by atoms with van der Waals surface area (Å²) in [5.74, 6) is 0. The van der Waals surface area contributed by atoms with Gasteiger partial charge in [0.25, 0.3) is 0 Å². The number of hydrogen-bond donors (Lipinski definition) is 1. The zero-order chi connectivity index (χ0) is 13.8. The van der Waals surface area contributed by atoms with Gasteiger partial charge in [-0.05, 0) is 46.3 Å². The lowest BCUT2D eigenvalue weighted by molar-refractivity contribution is 0.221. The second-order valence-corrected chi connectivity index (χ2v) is 6.37. The molecule has 6 heteroatoms. The molecule has 1 aromatic heterocycles. The highest BCUT2D eigenvalue weighted by molar-refractivity contribution is 9.10. The zero-order valence-corrected chi connectivity index (χ0v) is 13.3. The quantitative estimate of drug-likeness (QED) is 0.836. The van der Waals surface area contributed by atoms with Crippen LogP contribution in [0.15, 0.2) is 40.2 Å². The number of amides is 2. The number of anilines is 1. The van der Waals surface area contributed by atoms with Crippen LogP contribution >= 0.6 is 38.9 Å². The maximum atomic E-state index is 12.0. The summed E-state index contributed by atoms with van der Waals surface area (Å²) in [7, 11) is 1.76. The number of carbonyl (C=O) groups excluding carboxylic acids is 1. The fraction of sp³-hybridized carbons (Fsp3) is 0.154. The molecule has 2 aromatic rings. The summed E-state index contributed by atoms with van der Waals surface area (Å²) in [6, 6.07) is 8.90. The van der Waals surface area contributed by atoms with Gasteiger partial charge in [-0.2, -0.15) is 0 Å². The molecule has 1 heterocycles. The summed E-state index contributed by atoms with van der Waals surface area (Å²) in [6.07, 6.45) is 0. The highest BCUT2D eigenvalue weighted by atomic mass is 79.9. The van der Waals surface area contributed by atoms with Crippen LogP contribution in [0, 0.1) is 0 Å². The molecular weight excluding hydrogens is 348 g/mol. The Hall–Kier alpha value is -1.04. The fourth-order valence-corrected chi connectivity index (χ4v) is 3.12. The topological polar surface area (TPSA) is 32.3 Å². The molecule has 0 saturated heterocycles. The third-order valence-electron chi connectivity index (χ3n) is 2.46. The van der Waals surface area contributed by atoms with E-state index in [4.69, 9.17) is 11.6 Å². The Kier molecular flexibility index (Phi) is 4.85. The number of hydrogen-bond acceptors (Lipinski definition) is 2. The Labute approximate surface area is 129 Å². The zero-order valence-electron chi connectivity index (χ0n) is 10.2. The van der Waals surface area contributed by atoms with E-state index in [-0.39, 0.29) is 6.03 Å². The molecule has 0 aliphatic carbocycles. The minimum atomic E-state index is -0.146. The standard InChI is InChI=1S/C13H12BrClN2OS/c1-17(7-12-6-9(14)8-19-12)13(18)16-11-4-2-10(15)3-5-11/h2-6,8H,7H2,1H3,(H,16,18). The lowest BCUT2D eigenvalue weighted by Crippen LogP contribution is -2.30. The first-order valence-corrected chi connectivity index (χ1v) is 7.60. The van der Waals surface area contributed by atoms with Crippen molar-refractivity contribution in [1.82, 2.24) is 4.90 Å². The number of urea groups is 1. The Morgan fingerprint density at radius 3 is 2.68 bits per heavy atom. The van der Waals surface area contributed by atoms with Crippen molar-refractivity contribution >= 4 is 50.6 Å². The molecule has 0 radical (unpaired) electrons. The van der Waals surface area contributed by atoms with Crippen LogP contribution in [0.5, 0.6) is 0 Å². The van der Waals surface area contributed by atoms with Crippen molar-refractivity contribution in [1.29, 1.82) is 0 Å². The minimum absolute atomic E-state index is 0.146. The average molecular weight is 360 g/mol. The molecular formula is C13H12BrClN2OS. The largest absolute Gasteiger partial charge is 0.322 e. The number of benzene rings is 1. The van der Waals surface area contributed by atoms with E-state index < -0.39 is 0 Å². The Balaban J connectivity index is 1.94. The first-order valence-electron chi connectivity index (χ1n) is 5.55. The molecule has 3 nitrogen and oxygen atoms in total. The van der Waals surface area contributed by atoms with Crippen LogP contribution in [-0.2, 0) is 6.54 Å². The SMILES string of the molecule is CN(Cc1cc(Br)cs1)C(=O)Nc1ccc(Cl)cc1. The Bertz CT molecular complexity index is 570. The predicted octanol–water partition coefficient (Wildman–Crippen LogP) is 4.83. The van der Waals surface area contributed by atoms with Gasteiger partial charge in [-0.15, -0.1) is 11.3 Å². The number of rotatable bonds is 3. The third kappa shape index (κ3) is 4.23. The van der Waals surface area contributed by atoms with Gasteiger partial charge in [0.15, 0.2) is 0 Å². The fourth-order valence-electron chi connectivity index (χ4n) is 1.49. The summed E-state index contributed by atoms with van der Waals surface area (Å²) in [5, 5.41) is 5.47. The molecule has 1 N–H and O–H groups in total. The summed E-state index contributed by atoms with van der Waals surface area (Å²) in [6.45, 7) is 0.579. The van der Waals surface area contributed by atoms with E-state index in [9.17, 15) is 4.79 Å². The molecule has 0 atom stereocenters. The molecule has 19 heavy (non-hydrogen) atoms. The van der Waals surface area contributed by atoms with E-state index in [0.717, 1.165) is 15.0 Å². The highest BCUT2D eigenvalue weighted by Gasteiger charge is 2.10. The van der Waals surface area contributed by atoms with Gasteiger partial charge in [0.05, 0.1) is 6.54 Å². The maximum Gasteiger partial charge on any atom is 0.321 e. The first kappa shape index (κ1) is 14.4. The van der Waals surface area contributed by atoms with Gasteiger partial charge >= 0.3 is 6.03 Å². The molecule has 2 amide bonds. The minimum Gasteiger partial charge on any atom is -0.322 e. The molecule has 0 saturated carbocycles. The monoisotopic (exact) mass is 358 g/mol. The molecule has 1 aromatic carbocycles. The van der Waals surface area contributed by atoms with Crippen molar-refractivity contribution in [2.45, 2.75) is 6.54 Å². The van der Waals surface area contributed by atoms with E-state index in [1.54, 1.807) is 47.5 Å². The van der Waals surface area contributed by atoms with Crippen molar-refractivity contribution in [2.24, 2.45) is 0 Å². The smallest absolute Gasteiger partial charge is 0.321 e. The number of nitrogens with one attached hydrogen (secondary N) is 1. The number of thiophene rings is 1. The van der Waals surface area contributed by atoms with Crippen molar-refractivity contribution in [3.8, 4) is 0 Å². The van der Waals surface area contributed by atoms with Gasteiger partial charge < -0.3 is 10.2 Å². The molecule has 0 aliphatic rings. The second-order valence-electron chi connectivity index (χ2n) is 4.02.